The Bertz CT molecular complexity index is 1140. The van der Waals surface area contributed by atoms with Gasteiger partial charge in [-0.3, -0.25) is 4.79 Å². The predicted octanol–water partition coefficient (Wildman–Crippen LogP) is 7.34. The molecule has 3 rings (SSSR count). The molecule has 0 aliphatic rings. The smallest absolute Gasteiger partial charge is 0.303 e. The topological polar surface area (TPSA) is 55.8 Å². The Morgan fingerprint density at radius 3 is 2.46 bits per heavy atom. The van der Waals surface area contributed by atoms with Crippen molar-refractivity contribution in [1.29, 1.82) is 0 Å². The van der Waals surface area contributed by atoms with Gasteiger partial charge >= 0.3 is 5.97 Å². The second kappa shape index (κ2) is 12.3. The van der Waals surface area contributed by atoms with Gasteiger partial charge in [-0.05, 0) is 73.7 Å². The van der Waals surface area contributed by atoms with Crippen molar-refractivity contribution in [3.05, 3.63) is 83.2 Å². The Kier molecular flexibility index (Phi) is 9.24. The number of carboxylic acid groups (broad SMARTS) is 1. The SMILES string of the molecule is CCc1cc(OCC[C@@H](C)Oc2ccc(C(C)F)cc2-c2ccccc2F)ccc1CCC(=O)O. The maximum atomic E-state index is 14.5. The van der Waals surface area contributed by atoms with Crippen molar-refractivity contribution in [2.75, 3.05) is 6.61 Å². The Morgan fingerprint density at radius 1 is 1.00 bits per heavy atom. The van der Waals surface area contributed by atoms with Crippen molar-refractivity contribution in [2.24, 2.45) is 0 Å². The first kappa shape index (κ1) is 26.2. The normalized spacial score (nSPS) is 12.7. The first-order valence-corrected chi connectivity index (χ1v) is 11.9. The number of carboxylic acids is 1. The molecule has 0 radical (unpaired) electrons. The van der Waals surface area contributed by atoms with Crippen LogP contribution in [0.2, 0.25) is 0 Å². The van der Waals surface area contributed by atoms with Crippen LogP contribution in [0, 0.1) is 5.82 Å². The second-order valence-corrected chi connectivity index (χ2v) is 8.59. The van der Waals surface area contributed by atoms with Crippen LogP contribution in [0.5, 0.6) is 11.5 Å². The van der Waals surface area contributed by atoms with E-state index in [1.54, 1.807) is 36.4 Å². The molecule has 0 aliphatic heterocycles. The highest BCUT2D eigenvalue weighted by Crippen LogP contribution is 2.35. The van der Waals surface area contributed by atoms with Gasteiger partial charge in [0.2, 0.25) is 0 Å². The summed E-state index contributed by atoms with van der Waals surface area (Å²) in [5.41, 5.74) is 3.44. The molecule has 0 aliphatic carbocycles. The van der Waals surface area contributed by atoms with Crippen molar-refractivity contribution in [1.82, 2.24) is 0 Å². The third-order valence-corrected chi connectivity index (χ3v) is 5.92. The summed E-state index contributed by atoms with van der Waals surface area (Å²) in [5, 5.41) is 8.93. The van der Waals surface area contributed by atoms with Crippen molar-refractivity contribution in [3.8, 4) is 22.6 Å². The number of aryl methyl sites for hydroxylation is 2. The molecule has 6 heteroatoms. The predicted molar refractivity (Wildman–Crippen MR) is 133 cm³/mol. The molecule has 3 aromatic rings. The zero-order valence-electron chi connectivity index (χ0n) is 20.4. The van der Waals surface area contributed by atoms with E-state index in [2.05, 4.69) is 0 Å². The molecule has 186 valence electrons. The van der Waals surface area contributed by atoms with Gasteiger partial charge in [0, 0.05) is 24.0 Å². The monoisotopic (exact) mass is 482 g/mol. The van der Waals surface area contributed by atoms with E-state index in [-0.39, 0.29) is 12.5 Å². The Balaban J connectivity index is 1.65. The molecule has 0 bridgehead atoms. The zero-order chi connectivity index (χ0) is 25.4. The molecule has 0 heterocycles. The molecule has 1 unspecified atom stereocenters. The van der Waals surface area contributed by atoms with Crippen molar-refractivity contribution in [2.45, 2.75) is 58.7 Å². The fourth-order valence-electron chi connectivity index (χ4n) is 3.91. The van der Waals surface area contributed by atoms with Crippen molar-refractivity contribution < 1.29 is 28.2 Å². The molecule has 0 amide bonds. The van der Waals surface area contributed by atoms with Crippen molar-refractivity contribution in [3.63, 3.8) is 0 Å². The second-order valence-electron chi connectivity index (χ2n) is 8.59. The van der Waals surface area contributed by atoms with Gasteiger partial charge in [-0.2, -0.15) is 0 Å². The van der Waals surface area contributed by atoms with Gasteiger partial charge in [0.05, 0.1) is 12.7 Å². The Hall–Kier alpha value is -3.41. The molecule has 0 saturated heterocycles. The molecule has 3 aromatic carbocycles. The average Bonchev–Trinajstić information content (AvgIpc) is 2.83. The highest BCUT2D eigenvalue weighted by atomic mass is 19.1. The number of halogens is 2. The number of ether oxygens (including phenoxy) is 2. The van der Waals surface area contributed by atoms with E-state index in [0.717, 1.165) is 23.3 Å². The van der Waals surface area contributed by atoms with Crippen LogP contribution < -0.4 is 9.47 Å². The van der Waals surface area contributed by atoms with Gasteiger partial charge in [0.15, 0.2) is 0 Å². The number of benzene rings is 3. The highest BCUT2D eigenvalue weighted by Gasteiger charge is 2.16. The number of carbonyl (C=O) groups is 1. The van der Waals surface area contributed by atoms with E-state index in [1.165, 1.54) is 13.0 Å². The summed E-state index contributed by atoms with van der Waals surface area (Å²) in [6, 6.07) is 17.1. The first-order chi connectivity index (χ1) is 16.8. The average molecular weight is 483 g/mol. The summed E-state index contributed by atoms with van der Waals surface area (Å²) in [6.45, 7) is 5.80. The minimum absolute atomic E-state index is 0.0994. The van der Waals surface area contributed by atoms with Crippen LogP contribution in [0.4, 0.5) is 8.78 Å². The van der Waals surface area contributed by atoms with E-state index in [9.17, 15) is 13.6 Å². The molecule has 0 aromatic heterocycles. The largest absolute Gasteiger partial charge is 0.493 e. The summed E-state index contributed by atoms with van der Waals surface area (Å²) >= 11 is 0. The molecular formula is C29H32F2O4. The lowest BCUT2D eigenvalue weighted by molar-refractivity contribution is -0.136. The summed E-state index contributed by atoms with van der Waals surface area (Å²) in [5.74, 6) is 0.00779. The third kappa shape index (κ3) is 7.28. The number of aliphatic carboxylic acids is 1. The fourth-order valence-corrected chi connectivity index (χ4v) is 3.91. The molecule has 4 nitrogen and oxygen atoms in total. The quantitative estimate of drug-likeness (QED) is 0.293. The van der Waals surface area contributed by atoms with Gasteiger partial charge in [-0.1, -0.05) is 37.3 Å². The molecule has 2 atom stereocenters. The van der Waals surface area contributed by atoms with Crippen LogP contribution in [-0.4, -0.2) is 23.8 Å². The first-order valence-electron chi connectivity index (χ1n) is 11.9. The number of rotatable bonds is 12. The minimum Gasteiger partial charge on any atom is -0.493 e. The molecule has 35 heavy (non-hydrogen) atoms. The van der Waals surface area contributed by atoms with Crippen LogP contribution in [-0.2, 0) is 17.6 Å². The standard InChI is InChI=1S/C29H32F2O4/c1-4-21-17-24(12-9-22(21)11-14-29(32)33)34-16-15-19(2)35-28-13-10-23(20(3)30)18-26(28)25-7-5-6-8-27(25)31/h5-10,12-13,17-20H,4,11,14-16H2,1-3H3,(H,32,33)/t19-,20?/m1/s1. The minimum atomic E-state index is -1.18. The Labute approximate surface area is 205 Å². The van der Waals surface area contributed by atoms with E-state index in [4.69, 9.17) is 14.6 Å². The zero-order valence-corrected chi connectivity index (χ0v) is 20.4. The third-order valence-electron chi connectivity index (χ3n) is 5.92. The van der Waals surface area contributed by atoms with Crippen LogP contribution >= 0.6 is 0 Å². The summed E-state index contributed by atoms with van der Waals surface area (Å²) in [6.07, 6.45) is 0.562. The molecule has 0 spiro atoms. The lowest BCUT2D eigenvalue weighted by Crippen LogP contribution is -2.16. The lowest BCUT2D eigenvalue weighted by atomic mass is 9.99. The molecule has 1 N–H and O–H groups in total. The van der Waals surface area contributed by atoms with Gasteiger partial charge in [0.25, 0.3) is 0 Å². The van der Waals surface area contributed by atoms with Gasteiger partial charge < -0.3 is 14.6 Å². The summed E-state index contributed by atoms with van der Waals surface area (Å²) < 4.78 is 40.5. The van der Waals surface area contributed by atoms with Crippen LogP contribution in [0.25, 0.3) is 11.1 Å². The van der Waals surface area contributed by atoms with Crippen LogP contribution in [0.3, 0.4) is 0 Å². The maximum Gasteiger partial charge on any atom is 0.303 e. The number of alkyl halides is 1. The number of hydrogen-bond donors (Lipinski definition) is 1. The Morgan fingerprint density at radius 2 is 1.77 bits per heavy atom. The van der Waals surface area contributed by atoms with Crippen molar-refractivity contribution >= 4 is 5.97 Å². The molecule has 0 saturated carbocycles. The highest BCUT2D eigenvalue weighted by molar-refractivity contribution is 5.72. The van der Waals surface area contributed by atoms with E-state index in [0.29, 0.717) is 41.9 Å². The summed E-state index contributed by atoms with van der Waals surface area (Å²) in [4.78, 5) is 10.9. The van der Waals surface area contributed by atoms with Gasteiger partial charge in [-0.15, -0.1) is 0 Å². The van der Waals surface area contributed by atoms with E-state index >= 15 is 0 Å². The molecule has 0 fully saturated rings. The maximum absolute atomic E-state index is 14.5. The van der Waals surface area contributed by atoms with Crippen LogP contribution in [0.15, 0.2) is 60.7 Å². The van der Waals surface area contributed by atoms with Crippen LogP contribution in [0.1, 0.15) is 56.5 Å². The molecular weight excluding hydrogens is 450 g/mol. The van der Waals surface area contributed by atoms with E-state index < -0.39 is 18.0 Å². The van der Waals surface area contributed by atoms with E-state index in [1.807, 2.05) is 32.0 Å². The van der Waals surface area contributed by atoms with Gasteiger partial charge in [-0.25, -0.2) is 8.78 Å². The van der Waals surface area contributed by atoms with Gasteiger partial charge in [0.1, 0.15) is 23.5 Å². The number of hydrogen-bond acceptors (Lipinski definition) is 3. The summed E-state index contributed by atoms with van der Waals surface area (Å²) in [7, 11) is 0. The fraction of sp³-hybridized carbons (Fsp3) is 0.345. The lowest BCUT2D eigenvalue weighted by Gasteiger charge is -2.19.